The first-order valence-electron chi connectivity index (χ1n) is 11.9. The normalized spacial score (nSPS) is 20.8. The van der Waals surface area contributed by atoms with Crippen molar-refractivity contribution in [2.45, 2.75) is 25.0 Å². The number of halogens is 3. The zero-order valence-electron chi connectivity index (χ0n) is 20.4. The molecule has 2 bridgehead atoms. The zero-order chi connectivity index (χ0) is 27.0. The van der Waals surface area contributed by atoms with Crippen molar-refractivity contribution >= 4 is 11.8 Å². The lowest BCUT2D eigenvalue weighted by Crippen LogP contribution is -2.52. The lowest BCUT2D eigenvalue weighted by molar-refractivity contribution is -0.274. The molecular formula is C26H25F3N4O5. The van der Waals surface area contributed by atoms with Crippen molar-refractivity contribution in [1.29, 1.82) is 0 Å². The van der Waals surface area contributed by atoms with Gasteiger partial charge in [-0.3, -0.25) is 9.59 Å². The number of carbonyl (C=O) groups is 2. The maximum absolute atomic E-state index is 12.9. The van der Waals surface area contributed by atoms with Gasteiger partial charge in [-0.05, 0) is 35.9 Å². The van der Waals surface area contributed by atoms with Crippen LogP contribution in [0, 0.1) is 5.92 Å². The van der Waals surface area contributed by atoms with Gasteiger partial charge in [0.1, 0.15) is 23.7 Å². The number of nitrogens with zero attached hydrogens (tertiary/aromatic N) is 3. The summed E-state index contributed by atoms with van der Waals surface area (Å²) in [6, 6.07) is 10.4. The number of amides is 2. The minimum atomic E-state index is -4.78. The number of likely N-dealkylation sites (tertiary alicyclic amines) is 1. The van der Waals surface area contributed by atoms with Gasteiger partial charge in [-0.25, -0.2) is 4.98 Å². The Labute approximate surface area is 215 Å². The summed E-state index contributed by atoms with van der Waals surface area (Å²) in [5.41, 5.74) is 7.85. The van der Waals surface area contributed by atoms with E-state index < -0.39 is 18.4 Å². The van der Waals surface area contributed by atoms with E-state index in [1.54, 1.807) is 34.0 Å². The van der Waals surface area contributed by atoms with Crippen LogP contribution in [0.25, 0.3) is 11.3 Å². The number of fused-ring (bicyclic) bond motifs is 2. The van der Waals surface area contributed by atoms with Crippen LogP contribution in [0.2, 0.25) is 0 Å². The minimum absolute atomic E-state index is 0.0259. The van der Waals surface area contributed by atoms with Crippen LogP contribution in [0.15, 0.2) is 55.0 Å². The Morgan fingerprint density at radius 2 is 1.92 bits per heavy atom. The first-order valence-corrected chi connectivity index (χ1v) is 11.9. The second-order valence-corrected chi connectivity index (χ2v) is 9.38. The van der Waals surface area contributed by atoms with Crippen molar-refractivity contribution in [2.24, 2.45) is 18.7 Å². The molecule has 2 saturated heterocycles. The van der Waals surface area contributed by atoms with Crippen molar-refractivity contribution in [3.8, 4) is 22.8 Å². The number of primary amides is 1. The number of ether oxygens (including phenoxy) is 3. The molecule has 1 aromatic heterocycles. The van der Waals surface area contributed by atoms with Crippen molar-refractivity contribution in [2.75, 3.05) is 19.7 Å². The molecule has 2 aliphatic heterocycles. The molecule has 3 unspecified atom stereocenters. The molecule has 2 aliphatic rings. The summed E-state index contributed by atoms with van der Waals surface area (Å²) in [7, 11) is 1.85. The number of rotatable bonds is 7. The Kier molecular flexibility index (Phi) is 6.74. The fourth-order valence-corrected chi connectivity index (χ4v) is 4.79. The highest BCUT2D eigenvalue weighted by Crippen LogP contribution is 2.34. The summed E-state index contributed by atoms with van der Waals surface area (Å²) in [4.78, 5) is 31.1. The maximum atomic E-state index is 12.9. The molecule has 2 amide bonds. The SMILES string of the molecule is Cn1cnc(-c2ccc(OC3C4COC3CN(C(=O)Cc3ccc(OC(F)(F)F)cc3)C4)c(C(N)=O)c2)c1. The number of piperidine rings is 1. The Morgan fingerprint density at radius 1 is 1.16 bits per heavy atom. The number of carbonyl (C=O) groups excluding carboxylic acids is 2. The van der Waals surface area contributed by atoms with E-state index in [0.717, 1.165) is 5.56 Å². The van der Waals surface area contributed by atoms with Gasteiger partial charge in [0, 0.05) is 31.3 Å². The third-order valence-electron chi connectivity index (χ3n) is 6.58. The van der Waals surface area contributed by atoms with E-state index in [1.807, 2.05) is 13.2 Å². The number of hydrogen-bond acceptors (Lipinski definition) is 6. The molecule has 3 aromatic rings. The summed E-state index contributed by atoms with van der Waals surface area (Å²) in [6.45, 7) is 1.06. The third kappa shape index (κ3) is 5.59. The standard InChI is InChI=1S/C26H25F3N4O5/c1-32-11-20(31-14-32)16-4-7-21(19(9-16)25(30)35)37-24-17-10-33(12-22(24)36-13-17)23(34)8-15-2-5-18(6-3-15)38-26(27,28)29/h2-7,9,11,14,17,22,24H,8,10,12-13H2,1H3,(H2,30,35). The van der Waals surface area contributed by atoms with Crippen LogP contribution >= 0.6 is 0 Å². The lowest BCUT2D eigenvalue weighted by atomic mass is 9.95. The van der Waals surface area contributed by atoms with Gasteiger partial charge in [-0.1, -0.05) is 12.1 Å². The lowest BCUT2D eigenvalue weighted by Gasteiger charge is -2.36. The molecule has 9 nitrogen and oxygen atoms in total. The van der Waals surface area contributed by atoms with Crippen molar-refractivity contribution in [3.05, 3.63) is 66.1 Å². The minimum Gasteiger partial charge on any atom is -0.486 e. The van der Waals surface area contributed by atoms with Gasteiger partial charge in [0.05, 0.1) is 37.2 Å². The van der Waals surface area contributed by atoms with E-state index in [0.29, 0.717) is 30.2 Å². The number of benzene rings is 2. The van der Waals surface area contributed by atoms with Gasteiger partial charge >= 0.3 is 6.36 Å². The highest BCUT2D eigenvalue weighted by atomic mass is 19.4. The van der Waals surface area contributed by atoms with Crippen molar-refractivity contribution in [3.63, 3.8) is 0 Å². The largest absolute Gasteiger partial charge is 0.573 e. The Balaban J connectivity index is 1.24. The van der Waals surface area contributed by atoms with Gasteiger partial charge in [-0.15, -0.1) is 13.2 Å². The molecule has 3 atom stereocenters. The molecule has 2 fully saturated rings. The molecule has 0 aliphatic carbocycles. The number of nitrogens with two attached hydrogens (primary N) is 1. The predicted octanol–water partition coefficient (Wildman–Crippen LogP) is 2.93. The van der Waals surface area contributed by atoms with Crippen LogP contribution in [0.5, 0.6) is 11.5 Å². The summed E-state index contributed by atoms with van der Waals surface area (Å²) >= 11 is 0. The first-order chi connectivity index (χ1) is 18.1. The molecule has 3 heterocycles. The smallest absolute Gasteiger partial charge is 0.486 e. The predicted molar refractivity (Wildman–Crippen MR) is 128 cm³/mol. The topological polar surface area (TPSA) is 109 Å². The Morgan fingerprint density at radius 3 is 2.55 bits per heavy atom. The molecule has 5 rings (SSSR count). The number of imidazole rings is 1. The number of aryl methyl sites for hydroxylation is 1. The highest BCUT2D eigenvalue weighted by Gasteiger charge is 2.46. The second-order valence-electron chi connectivity index (χ2n) is 9.38. The average molecular weight is 531 g/mol. The summed E-state index contributed by atoms with van der Waals surface area (Å²) < 4.78 is 54.9. The third-order valence-corrected chi connectivity index (χ3v) is 6.58. The summed E-state index contributed by atoms with van der Waals surface area (Å²) in [5, 5.41) is 0. The molecule has 2 aromatic carbocycles. The van der Waals surface area contributed by atoms with Crippen molar-refractivity contribution < 1.29 is 37.0 Å². The molecule has 0 spiro atoms. The Hall–Kier alpha value is -4.06. The van der Waals surface area contributed by atoms with Crippen LogP contribution < -0.4 is 15.2 Å². The number of aromatic nitrogens is 2. The number of hydrogen-bond donors (Lipinski definition) is 1. The zero-order valence-corrected chi connectivity index (χ0v) is 20.4. The van der Waals surface area contributed by atoms with Gasteiger partial charge < -0.3 is 29.4 Å². The van der Waals surface area contributed by atoms with Crippen LogP contribution in [0.1, 0.15) is 15.9 Å². The fraction of sp³-hybridized carbons (Fsp3) is 0.346. The first kappa shape index (κ1) is 25.6. The van der Waals surface area contributed by atoms with Gasteiger partial charge in [-0.2, -0.15) is 0 Å². The number of alkyl halides is 3. The van der Waals surface area contributed by atoms with E-state index >= 15 is 0 Å². The quantitative estimate of drug-likeness (QED) is 0.503. The fourth-order valence-electron chi connectivity index (χ4n) is 4.79. The van der Waals surface area contributed by atoms with Gasteiger partial charge in [0.15, 0.2) is 0 Å². The second kappa shape index (κ2) is 10.0. The van der Waals surface area contributed by atoms with Crippen LogP contribution in [0.4, 0.5) is 13.2 Å². The molecule has 38 heavy (non-hydrogen) atoms. The van der Waals surface area contributed by atoms with Crippen molar-refractivity contribution in [1.82, 2.24) is 14.5 Å². The van der Waals surface area contributed by atoms with E-state index in [2.05, 4.69) is 9.72 Å². The summed E-state index contributed by atoms with van der Waals surface area (Å²) in [6.07, 6.45) is -2.05. The average Bonchev–Trinajstić information content (AvgIpc) is 3.38. The molecule has 2 N–H and O–H groups in total. The Bertz CT molecular complexity index is 1330. The van der Waals surface area contributed by atoms with Crippen LogP contribution in [-0.2, 0) is 23.0 Å². The molecule has 0 radical (unpaired) electrons. The molecule has 12 heteroatoms. The maximum Gasteiger partial charge on any atom is 0.573 e. The van der Waals surface area contributed by atoms with E-state index in [1.165, 1.54) is 24.3 Å². The molecule has 200 valence electrons. The summed E-state index contributed by atoms with van der Waals surface area (Å²) in [5.74, 6) is -0.946. The molecular weight excluding hydrogens is 505 g/mol. The van der Waals surface area contributed by atoms with E-state index in [4.69, 9.17) is 15.2 Å². The van der Waals surface area contributed by atoms with Crippen LogP contribution in [-0.4, -0.2) is 64.5 Å². The molecule has 0 saturated carbocycles. The van der Waals surface area contributed by atoms with Gasteiger partial charge in [0.2, 0.25) is 5.91 Å². The van der Waals surface area contributed by atoms with Gasteiger partial charge in [0.25, 0.3) is 5.91 Å². The van der Waals surface area contributed by atoms with E-state index in [-0.39, 0.29) is 42.2 Å². The monoisotopic (exact) mass is 530 g/mol. The highest BCUT2D eigenvalue weighted by molar-refractivity contribution is 5.97. The van der Waals surface area contributed by atoms with Crippen LogP contribution in [0.3, 0.4) is 0 Å². The van der Waals surface area contributed by atoms with E-state index in [9.17, 15) is 22.8 Å².